The molecule has 1 aliphatic rings. The predicted molar refractivity (Wildman–Crippen MR) is 106 cm³/mol. The van der Waals surface area contributed by atoms with Crippen LogP contribution in [0.3, 0.4) is 0 Å². The van der Waals surface area contributed by atoms with E-state index in [2.05, 4.69) is 20.4 Å². The summed E-state index contributed by atoms with van der Waals surface area (Å²) < 4.78 is 5.61. The Kier molecular flexibility index (Phi) is 4.79. The Hall–Kier alpha value is -3.26. The van der Waals surface area contributed by atoms with Crippen LogP contribution in [0, 0.1) is 6.92 Å². The summed E-state index contributed by atoms with van der Waals surface area (Å²) in [7, 11) is 3.97. The molecule has 0 unspecified atom stereocenters. The summed E-state index contributed by atoms with van der Waals surface area (Å²) in [6, 6.07) is 11.5. The highest BCUT2D eigenvalue weighted by Gasteiger charge is 2.26. The monoisotopic (exact) mass is 378 g/mol. The highest BCUT2D eigenvalue weighted by Crippen LogP contribution is 2.37. The van der Waals surface area contributed by atoms with Gasteiger partial charge in [-0.15, -0.1) is 0 Å². The van der Waals surface area contributed by atoms with Gasteiger partial charge < -0.3 is 14.5 Å². The summed E-state index contributed by atoms with van der Waals surface area (Å²) in [5.74, 6) is 0.646. The zero-order valence-electron chi connectivity index (χ0n) is 16.1. The molecule has 0 atom stereocenters. The predicted octanol–water partition coefficient (Wildman–Crippen LogP) is 2.13. The smallest absolute Gasteiger partial charge is 0.265 e. The number of pyridine rings is 1. The molecule has 3 aromatic rings. The third-order valence-electron chi connectivity index (χ3n) is 4.63. The number of ether oxygens (including phenoxy) is 1. The van der Waals surface area contributed by atoms with Gasteiger partial charge in [0.25, 0.3) is 5.91 Å². The Bertz CT molecular complexity index is 1010. The maximum absolute atomic E-state index is 12.4. The number of aromatic amines is 1. The number of anilines is 1. The molecule has 8 nitrogen and oxygen atoms in total. The maximum Gasteiger partial charge on any atom is 0.265 e. The molecule has 1 aliphatic heterocycles. The third-order valence-corrected chi connectivity index (χ3v) is 4.63. The van der Waals surface area contributed by atoms with Crippen LogP contribution in [-0.4, -0.2) is 65.0 Å². The van der Waals surface area contributed by atoms with E-state index >= 15 is 0 Å². The normalized spacial score (nSPS) is 13.6. The summed E-state index contributed by atoms with van der Waals surface area (Å²) in [6.45, 7) is 3.35. The molecule has 0 radical (unpaired) electrons. The molecule has 2 aromatic heterocycles. The largest absolute Gasteiger partial charge is 0.482 e. The van der Waals surface area contributed by atoms with E-state index in [9.17, 15) is 4.79 Å². The highest BCUT2D eigenvalue weighted by molar-refractivity contribution is 5.98. The van der Waals surface area contributed by atoms with Crippen molar-refractivity contribution in [2.75, 3.05) is 38.7 Å². The first-order valence-electron chi connectivity index (χ1n) is 9.10. The Morgan fingerprint density at radius 3 is 2.79 bits per heavy atom. The van der Waals surface area contributed by atoms with Crippen molar-refractivity contribution in [1.29, 1.82) is 0 Å². The first-order valence-corrected chi connectivity index (χ1v) is 9.10. The summed E-state index contributed by atoms with van der Waals surface area (Å²) >= 11 is 0. The minimum absolute atomic E-state index is 0.0489. The van der Waals surface area contributed by atoms with Crippen molar-refractivity contribution in [3.63, 3.8) is 0 Å². The van der Waals surface area contributed by atoms with Gasteiger partial charge in [0, 0.05) is 24.3 Å². The minimum Gasteiger partial charge on any atom is -0.482 e. The first kappa shape index (κ1) is 18.1. The second-order valence-corrected chi connectivity index (χ2v) is 7.00. The van der Waals surface area contributed by atoms with Gasteiger partial charge in [0.2, 0.25) is 0 Å². The number of nitrogens with one attached hydrogen (secondary N) is 1. The lowest BCUT2D eigenvalue weighted by Gasteiger charge is -2.30. The van der Waals surface area contributed by atoms with Gasteiger partial charge in [-0.3, -0.25) is 9.78 Å². The lowest BCUT2D eigenvalue weighted by molar-refractivity contribution is -0.121. The fraction of sp³-hybridized carbons (Fsp3) is 0.300. The van der Waals surface area contributed by atoms with Crippen LogP contribution in [0.4, 0.5) is 5.69 Å². The SMILES string of the molecule is Cc1cccc(-c2n[nH]nc2-c2ccc3c(c2)N(CCN(C)C)C(=O)CO3)n1. The van der Waals surface area contributed by atoms with Crippen LogP contribution in [-0.2, 0) is 4.79 Å². The van der Waals surface area contributed by atoms with Crippen molar-refractivity contribution in [2.45, 2.75) is 6.92 Å². The molecule has 0 saturated carbocycles. The number of aryl methyl sites for hydroxylation is 1. The number of nitrogens with zero attached hydrogens (tertiary/aromatic N) is 5. The van der Waals surface area contributed by atoms with Crippen molar-refractivity contribution >= 4 is 11.6 Å². The van der Waals surface area contributed by atoms with Crippen molar-refractivity contribution in [3.8, 4) is 28.4 Å². The van der Waals surface area contributed by atoms with Crippen LogP contribution in [0.5, 0.6) is 5.75 Å². The number of hydrogen-bond acceptors (Lipinski definition) is 6. The van der Waals surface area contributed by atoms with Crippen LogP contribution >= 0.6 is 0 Å². The lowest BCUT2D eigenvalue weighted by atomic mass is 10.1. The molecule has 1 amide bonds. The summed E-state index contributed by atoms with van der Waals surface area (Å²) in [5, 5.41) is 11.3. The van der Waals surface area contributed by atoms with E-state index in [0.717, 1.165) is 29.2 Å². The second-order valence-electron chi connectivity index (χ2n) is 7.00. The molecule has 3 heterocycles. The van der Waals surface area contributed by atoms with Crippen LogP contribution in [0.1, 0.15) is 5.69 Å². The Labute approximate surface area is 163 Å². The first-order chi connectivity index (χ1) is 13.5. The number of likely N-dealkylation sites (N-methyl/N-ethyl adjacent to an activating group) is 1. The molecule has 4 rings (SSSR count). The van der Waals surface area contributed by atoms with E-state index in [1.807, 2.05) is 62.3 Å². The van der Waals surface area contributed by atoms with Gasteiger partial charge in [-0.1, -0.05) is 6.07 Å². The standard InChI is InChI=1S/C20H22N6O2/c1-13-5-4-6-15(21-13)20-19(22-24-23-20)14-7-8-17-16(11-14)26(10-9-25(2)3)18(27)12-28-17/h4-8,11H,9-10,12H2,1-3H3,(H,22,23,24). The highest BCUT2D eigenvalue weighted by atomic mass is 16.5. The zero-order valence-corrected chi connectivity index (χ0v) is 16.1. The van der Waals surface area contributed by atoms with Gasteiger partial charge in [0.15, 0.2) is 6.61 Å². The number of fused-ring (bicyclic) bond motifs is 1. The fourth-order valence-corrected chi connectivity index (χ4v) is 3.18. The van der Waals surface area contributed by atoms with E-state index in [4.69, 9.17) is 4.74 Å². The fourth-order valence-electron chi connectivity index (χ4n) is 3.18. The van der Waals surface area contributed by atoms with Gasteiger partial charge >= 0.3 is 0 Å². The number of hydrogen-bond donors (Lipinski definition) is 1. The van der Waals surface area contributed by atoms with Gasteiger partial charge in [0.05, 0.1) is 11.4 Å². The number of H-pyrrole nitrogens is 1. The molecule has 144 valence electrons. The second kappa shape index (κ2) is 7.40. The number of aromatic nitrogens is 4. The average Bonchev–Trinajstić information content (AvgIpc) is 3.16. The number of rotatable bonds is 5. The molecule has 0 bridgehead atoms. The van der Waals surface area contributed by atoms with Crippen molar-refractivity contribution in [3.05, 3.63) is 42.1 Å². The molecular formula is C20H22N6O2. The van der Waals surface area contributed by atoms with E-state index in [1.165, 1.54) is 0 Å². The minimum atomic E-state index is -0.0489. The number of benzene rings is 1. The lowest BCUT2D eigenvalue weighted by Crippen LogP contribution is -2.42. The van der Waals surface area contributed by atoms with Gasteiger partial charge in [-0.25, -0.2) is 0 Å². The van der Waals surface area contributed by atoms with Crippen LogP contribution in [0.25, 0.3) is 22.6 Å². The van der Waals surface area contributed by atoms with Gasteiger partial charge in [-0.2, -0.15) is 15.4 Å². The molecule has 0 fully saturated rings. The molecule has 0 aliphatic carbocycles. The Balaban J connectivity index is 1.74. The van der Waals surface area contributed by atoms with Crippen molar-refractivity contribution in [2.24, 2.45) is 0 Å². The van der Waals surface area contributed by atoms with Crippen LogP contribution < -0.4 is 9.64 Å². The quantitative estimate of drug-likeness (QED) is 0.732. The molecule has 1 N–H and O–H groups in total. The molecule has 8 heteroatoms. The number of amides is 1. The number of carbonyl (C=O) groups excluding carboxylic acids is 1. The summed E-state index contributed by atoms with van der Waals surface area (Å²) in [4.78, 5) is 20.8. The Morgan fingerprint density at radius 2 is 2.00 bits per heavy atom. The van der Waals surface area contributed by atoms with E-state index < -0.39 is 0 Å². The molecule has 0 saturated heterocycles. The zero-order chi connectivity index (χ0) is 19.7. The van der Waals surface area contributed by atoms with E-state index in [1.54, 1.807) is 4.90 Å². The van der Waals surface area contributed by atoms with Gasteiger partial charge in [-0.05, 0) is 51.4 Å². The molecule has 0 spiro atoms. The Morgan fingerprint density at radius 1 is 1.18 bits per heavy atom. The van der Waals surface area contributed by atoms with Crippen LogP contribution in [0.15, 0.2) is 36.4 Å². The molecule has 1 aromatic carbocycles. The van der Waals surface area contributed by atoms with E-state index in [0.29, 0.717) is 23.7 Å². The van der Waals surface area contributed by atoms with Gasteiger partial charge in [0.1, 0.15) is 17.1 Å². The van der Waals surface area contributed by atoms with Crippen molar-refractivity contribution in [1.82, 2.24) is 25.3 Å². The van der Waals surface area contributed by atoms with Crippen molar-refractivity contribution < 1.29 is 9.53 Å². The third kappa shape index (κ3) is 3.46. The summed E-state index contributed by atoms with van der Waals surface area (Å²) in [6.07, 6.45) is 0. The van der Waals surface area contributed by atoms with Crippen LogP contribution in [0.2, 0.25) is 0 Å². The topological polar surface area (TPSA) is 87.2 Å². The molecular weight excluding hydrogens is 356 g/mol. The average molecular weight is 378 g/mol. The maximum atomic E-state index is 12.4. The van der Waals surface area contributed by atoms with E-state index in [-0.39, 0.29) is 12.5 Å². The summed E-state index contributed by atoms with van der Waals surface area (Å²) in [5.41, 5.74) is 4.61. The molecule has 28 heavy (non-hydrogen) atoms. The number of carbonyl (C=O) groups is 1.